The van der Waals surface area contributed by atoms with Crippen molar-refractivity contribution in [3.63, 3.8) is 0 Å². The van der Waals surface area contributed by atoms with Crippen molar-refractivity contribution in [1.82, 2.24) is 9.88 Å². The van der Waals surface area contributed by atoms with Gasteiger partial charge in [0.2, 0.25) is 5.91 Å². The molecular formula is C31H38N4O3. The largest absolute Gasteiger partial charge is 0.483 e. The number of carboxylic acid groups (broad SMARTS) is 1. The summed E-state index contributed by atoms with van der Waals surface area (Å²) in [5, 5.41) is 10.5. The number of fused-ring (bicyclic) bond motifs is 1. The van der Waals surface area contributed by atoms with Gasteiger partial charge in [-0.2, -0.15) is 0 Å². The summed E-state index contributed by atoms with van der Waals surface area (Å²) < 4.78 is 0. The highest BCUT2D eigenvalue weighted by molar-refractivity contribution is 5.94. The number of hydrogen-bond acceptors (Lipinski definition) is 5. The molecule has 7 heteroatoms. The maximum atomic E-state index is 12.5. The van der Waals surface area contributed by atoms with Crippen LogP contribution in [0, 0.1) is 6.92 Å². The van der Waals surface area contributed by atoms with Crippen molar-refractivity contribution in [1.29, 1.82) is 0 Å². The summed E-state index contributed by atoms with van der Waals surface area (Å²) in [5.74, 6) is 0.947. The molecular weight excluding hydrogens is 476 g/mol. The predicted molar refractivity (Wildman–Crippen MR) is 152 cm³/mol. The van der Waals surface area contributed by atoms with Gasteiger partial charge < -0.3 is 15.3 Å². The maximum Gasteiger partial charge on any atom is 0.290 e. The Morgan fingerprint density at radius 1 is 1.05 bits per heavy atom. The number of likely N-dealkylation sites (tertiary alicyclic amines) is 1. The van der Waals surface area contributed by atoms with Gasteiger partial charge in [0.15, 0.2) is 0 Å². The zero-order valence-electron chi connectivity index (χ0n) is 22.6. The van der Waals surface area contributed by atoms with E-state index in [-0.39, 0.29) is 24.5 Å². The molecule has 38 heavy (non-hydrogen) atoms. The van der Waals surface area contributed by atoms with E-state index in [2.05, 4.69) is 70.7 Å². The van der Waals surface area contributed by atoms with Gasteiger partial charge in [0, 0.05) is 31.4 Å². The molecule has 3 heterocycles. The molecule has 2 atom stereocenters. The van der Waals surface area contributed by atoms with E-state index in [1.165, 1.54) is 49.0 Å². The SMILES string of the molecule is CC(=O)N1c2ccc(-c3ccc(CN4CCCCC4)cc3)cc2[C@@H](Nc2ccc(C)cn2)C[C@H]1C.O=CO. The van der Waals surface area contributed by atoms with Gasteiger partial charge in [-0.1, -0.05) is 42.8 Å². The minimum absolute atomic E-state index is 0.0838. The lowest BCUT2D eigenvalue weighted by Crippen LogP contribution is -2.43. The van der Waals surface area contributed by atoms with Crippen LogP contribution in [-0.4, -0.2) is 46.5 Å². The number of nitrogens with one attached hydrogen (secondary N) is 1. The molecule has 200 valence electrons. The first-order chi connectivity index (χ1) is 18.4. The third-order valence-electron chi connectivity index (χ3n) is 7.39. The number of anilines is 2. The topological polar surface area (TPSA) is 85.8 Å². The standard InChI is InChI=1S/C30H36N4O.CH2O2/c1-21-7-14-30(31-19-21)32-28-17-22(2)34(23(3)35)29-13-12-26(18-27(28)29)25-10-8-24(9-11-25)20-33-15-5-4-6-16-33;2-1-3/h7-14,18-19,22,28H,4-6,15-17,20H2,1-3H3,(H,31,32);1H,(H,2,3)/t22-,28+;/m1./s1. The normalized spacial score (nSPS) is 19.1. The van der Waals surface area contributed by atoms with Crippen LogP contribution >= 0.6 is 0 Å². The fraction of sp³-hybridized carbons (Fsp3) is 0.387. The van der Waals surface area contributed by atoms with Gasteiger partial charge in [0.1, 0.15) is 5.82 Å². The van der Waals surface area contributed by atoms with E-state index < -0.39 is 0 Å². The van der Waals surface area contributed by atoms with Crippen LogP contribution in [0.15, 0.2) is 60.8 Å². The lowest BCUT2D eigenvalue weighted by Gasteiger charge is -2.39. The van der Waals surface area contributed by atoms with Crippen LogP contribution in [-0.2, 0) is 16.1 Å². The number of amides is 1. The molecule has 0 saturated carbocycles. The molecule has 5 rings (SSSR count). The zero-order chi connectivity index (χ0) is 27.1. The number of hydrogen-bond donors (Lipinski definition) is 2. The minimum Gasteiger partial charge on any atom is -0.483 e. The second kappa shape index (κ2) is 12.7. The highest BCUT2D eigenvalue weighted by Crippen LogP contribution is 2.41. The summed E-state index contributed by atoms with van der Waals surface area (Å²) in [7, 11) is 0. The van der Waals surface area contributed by atoms with Crippen molar-refractivity contribution < 1.29 is 14.7 Å². The van der Waals surface area contributed by atoms with Crippen LogP contribution in [0.1, 0.15) is 62.3 Å². The first-order valence-electron chi connectivity index (χ1n) is 13.4. The lowest BCUT2D eigenvalue weighted by molar-refractivity contribution is -0.123. The van der Waals surface area contributed by atoms with E-state index in [1.807, 2.05) is 24.1 Å². The van der Waals surface area contributed by atoms with Crippen LogP contribution in [0.4, 0.5) is 11.5 Å². The quantitative estimate of drug-likeness (QED) is 0.404. The summed E-state index contributed by atoms with van der Waals surface area (Å²) in [4.78, 5) is 29.9. The molecule has 2 aliphatic heterocycles. The molecule has 2 N–H and O–H groups in total. The van der Waals surface area contributed by atoms with Crippen molar-refractivity contribution in [2.45, 2.75) is 65.1 Å². The fourth-order valence-electron chi connectivity index (χ4n) is 5.57. The van der Waals surface area contributed by atoms with E-state index in [1.54, 1.807) is 6.92 Å². The highest BCUT2D eigenvalue weighted by Gasteiger charge is 2.32. The molecule has 2 aromatic carbocycles. The van der Waals surface area contributed by atoms with Crippen LogP contribution in [0.3, 0.4) is 0 Å². The van der Waals surface area contributed by atoms with Crippen molar-refractivity contribution in [3.05, 3.63) is 77.5 Å². The molecule has 2 aliphatic rings. The fourth-order valence-corrected chi connectivity index (χ4v) is 5.57. The lowest BCUT2D eigenvalue weighted by atomic mass is 9.89. The zero-order valence-corrected chi connectivity index (χ0v) is 22.6. The number of carbonyl (C=O) groups is 2. The minimum atomic E-state index is -0.250. The van der Waals surface area contributed by atoms with Gasteiger partial charge in [-0.05, 0) is 92.2 Å². The van der Waals surface area contributed by atoms with Gasteiger partial charge in [-0.15, -0.1) is 0 Å². The first kappa shape index (κ1) is 27.3. The Kier molecular flexibility index (Phi) is 9.13. The summed E-state index contributed by atoms with van der Waals surface area (Å²) in [6.07, 6.45) is 6.72. The number of benzene rings is 2. The smallest absolute Gasteiger partial charge is 0.290 e. The average Bonchev–Trinajstić information content (AvgIpc) is 2.91. The van der Waals surface area contributed by atoms with E-state index >= 15 is 0 Å². The van der Waals surface area contributed by atoms with Gasteiger partial charge in [-0.3, -0.25) is 14.5 Å². The Morgan fingerprint density at radius 3 is 2.37 bits per heavy atom. The number of nitrogens with zero attached hydrogens (tertiary/aromatic N) is 3. The van der Waals surface area contributed by atoms with Crippen molar-refractivity contribution in [2.75, 3.05) is 23.3 Å². The van der Waals surface area contributed by atoms with Gasteiger partial charge >= 0.3 is 0 Å². The van der Waals surface area contributed by atoms with Crippen LogP contribution in [0.25, 0.3) is 11.1 Å². The van der Waals surface area contributed by atoms with E-state index in [0.717, 1.165) is 35.6 Å². The Bertz CT molecular complexity index is 1220. The maximum absolute atomic E-state index is 12.5. The van der Waals surface area contributed by atoms with E-state index in [0.29, 0.717) is 0 Å². The second-order valence-electron chi connectivity index (χ2n) is 10.3. The Hall–Kier alpha value is -3.71. The van der Waals surface area contributed by atoms with Gasteiger partial charge in [0.05, 0.1) is 6.04 Å². The van der Waals surface area contributed by atoms with Gasteiger partial charge in [0.25, 0.3) is 6.47 Å². The number of piperidine rings is 1. The van der Waals surface area contributed by atoms with Crippen molar-refractivity contribution in [2.24, 2.45) is 0 Å². The molecule has 0 spiro atoms. The van der Waals surface area contributed by atoms with Crippen LogP contribution in [0.5, 0.6) is 0 Å². The molecule has 1 saturated heterocycles. The van der Waals surface area contributed by atoms with Crippen LogP contribution < -0.4 is 10.2 Å². The monoisotopic (exact) mass is 514 g/mol. The predicted octanol–water partition coefficient (Wildman–Crippen LogP) is 6.04. The molecule has 0 radical (unpaired) electrons. The van der Waals surface area contributed by atoms with Crippen LogP contribution in [0.2, 0.25) is 0 Å². The molecule has 1 amide bonds. The summed E-state index contributed by atoms with van der Waals surface area (Å²) in [5.41, 5.74) is 7.03. The summed E-state index contributed by atoms with van der Waals surface area (Å²) in [6.45, 7) is 9.03. The highest BCUT2D eigenvalue weighted by atomic mass is 16.3. The number of aromatic nitrogens is 1. The molecule has 0 bridgehead atoms. The third kappa shape index (κ3) is 6.58. The second-order valence-corrected chi connectivity index (χ2v) is 10.3. The Labute approximate surface area is 225 Å². The number of carbonyl (C=O) groups excluding carboxylic acids is 1. The number of aryl methyl sites for hydroxylation is 1. The molecule has 1 fully saturated rings. The molecule has 0 unspecified atom stereocenters. The summed E-state index contributed by atoms with van der Waals surface area (Å²) >= 11 is 0. The molecule has 3 aromatic rings. The molecule has 7 nitrogen and oxygen atoms in total. The number of rotatable bonds is 5. The number of pyridine rings is 1. The first-order valence-corrected chi connectivity index (χ1v) is 13.4. The molecule has 1 aromatic heterocycles. The third-order valence-corrected chi connectivity index (χ3v) is 7.39. The van der Waals surface area contributed by atoms with E-state index in [4.69, 9.17) is 9.90 Å². The van der Waals surface area contributed by atoms with Gasteiger partial charge in [-0.25, -0.2) is 4.98 Å². The Balaban J connectivity index is 0.00000107. The van der Waals surface area contributed by atoms with Crippen molar-refractivity contribution >= 4 is 23.9 Å². The Morgan fingerprint density at radius 2 is 1.74 bits per heavy atom. The van der Waals surface area contributed by atoms with Crippen molar-refractivity contribution in [3.8, 4) is 11.1 Å². The molecule has 0 aliphatic carbocycles. The summed E-state index contributed by atoms with van der Waals surface area (Å²) in [6, 6.07) is 19.8. The van der Waals surface area contributed by atoms with E-state index in [9.17, 15) is 4.79 Å². The average molecular weight is 515 g/mol.